The number of morpholine rings is 1. The van der Waals surface area contributed by atoms with E-state index >= 15 is 0 Å². The molecule has 144 valence electrons. The van der Waals surface area contributed by atoms with Crippen LogP contribution in [0.25, 0.3) is 0 Å². The number of anilines is 2. The SMILES string of the molecule is O=S(=O)(N[C@H]1CCN(c2cc(N3CCOCC3)cnn2)C1)c1ccccc1. The van der Waals surface area contributed by atoms with E-state index in [1.165, 1.54) is 0 Å². The second-order valence-electron chi connectivity index (χ2n) is 6.74. The number of ether oxygens (including phenoxy) is 1. The highest BCUT2D eigenvalue weighted by Crippen LogP contribution is 2.23. The monoisotopic (exact) mass is 389 g/mol. The van der Waals surface area contributed by atoms with Gasteiger partial charge in [-0.15, -0.1) is 5.10 Å². The highest BCUT2D eigenvalue weighted by molar-refractivity contribution is 7.89. The molecule has 2 fully saturated rings. The van der Waals surface area contributed by atoms with Crippen molar-refractivity contribution in [1.82, 2.24) is 14.9 Å². The molecule has 2 saturated heterocycles. The van der Waals surface area contributed by atoms with E-state index in [0.29, 0.717) is 19.8 Å². The average Bonchev–Trinajstić information content (AvgIpc) is 3.17. The third-order valence-corrected chi connectivity index (χ3v) is 6.43. The Kier molecular flexibility index (Phi) is 5.24. The lowest BCUT2D eigenvalue weighted by Gasteiger charge is -2.29. The topological polar surface area (TPSA) is 87.7 Å². The van der Waals surface area contributed by atoms with E-state index in [1.54, 1.807) is 36.5 Å². The van der Waals surface area contributed by atoms with Crippen LogP contribution in [0.15, 0.2) is 47.5 Å². The molecule has 2 aromatic rings. The normalized spacial score (nSPS) is 20.8. The van der Waals surface area contributed by atoms with E-state index in [0.717, 1.165) is 37.6 Å². The van der Waals surface area contributed by atoms with Gasteiger partial charge >= 0.3 is 0 Å². The number of sulfonamides is 1. The zero-order valence-electron chi connectivity index (χ0n) is 15.0. The van der Waals surface area contributed by atoms with Crippen LogP contribution in [0, 0.1) is 0 Å². The number of nitrogens with one attached hydrogen (secondary N) is 1. The molecule has 1 aromatic carbocycles. The Morgan fingerprint density at radius 2 is 1.85 bits per heavy atom. The molecule has 9 heteroatoms. The quantitative estimate of drug-likeness (QED) is 0.812. The Morgan fingerprint density at radius 1 is 1.07 bits per heavy atom. The Bertz CT molecular complexity index is 872. The minimum atomic E-state index is -3.51. The first-order valence-electron chi connectivity index (χ1n) is 9.09. The summed E-state index contributed by atoms with van der Waals surface area (Å²) in [6, 6.07) is 10.3. The number of nitrogens with zero attached hydrogens (tertiary/aromatic N) is 4. The van der Waals surface area contributed by atoms with Crippen molar-refractivity contribution in [2.75, 3.05) is 49.2 Å². The van der Waals surface area contributed by atoms with Crippen LogP contribution in [0.5, 0.6) is 0 Å². The predicted molar refractivity (Wildman–Crippen MR) is 102 cm³/mol. The summed E-state index contributed by atoms with van der Waals surface area (Å²) in [5.74, 6) is 0.778. The molecule has 8 nitrogen and oxygen atoms in total. The van der Waals surface area contributed by atoms with Crippen molar-refractivity contribution in [1.29, 1.82) is 0 Å². The summed E-state index contributed by atoms with van der Waals surface area (Å²) in [7, 11) is -3.51. The molecule has 2 aliphatic rings. The molecular formula is C18H23N5O3S. The Balaban J connectivity index is 1.42. The van der Waals surface area contributed by atoms with E-state index in [-0.39, 0.29) is 10.9 Å². The zero-order valence-corrected chi connectivity index (χ0v) is 15.8. The largest absolute Gasteiger partial charge is 0.378 e. The Labute approximate surface area is 159 Å². The van der Waals surface area contributed by atoms with Crippen LogP contribution in [0.2, 0.25) is 0 Å². The fourth-order valence-corrected chi connectivity index (χ4v) is 4.73. The minimum absolute atomic E-state index is 0.149. The summed E-state index contributed by atoms with van der Waals surface area (Å²) in [4.78, 5) is 4.60. The van der Waals surface area contributed by atoms with Gasteiger partial charge in [0, 0.05) is 38.3 Å². The molecule has 2 aliphatic heterocycles. The van der Waals surface area contributed by atoms with Crippen molar-refractivity contribution < 1.29 is 13.2 Å². The number of benzene rings is 1. The number of aromatic nitrogens is 2. The molecule has 0 unspecified atom stereocenters. The lowest BCUT2D eigenvalue weighted by atomic mass is 10.3. The molecular weight excluding hydrogens is 366 g/mol. The van der Waals surface area contributed by atoms with Crippen LogP contribution < -0.4 is 14.5 Å². The fourth-order valence-electron chi connectivity index (χ4n) is 3.45. The van der Waals surface area contributed by atoms with Crippen LogP contribution in [-0.4, -0.2) is 64.0 Å². The molecule has 1 atom stereocenters. The highest BCUT2D eigenvalue weighted by atomic mass is 32.2. The van der Waals surface area contributed by atoms with Crippen molar-refractivity contribution in [3.8, 4) is 0 Å². The molecule has 0 spiro atoms. The van der Waals surface area contributed by atoms with Gasteiger partial charge in [-0.05, 0) is 18.6 Å². The van der Waals surface area contributed by atoms with Gasteiger partial charge in [-0.1, -0.05) is 18.2 Å². The summed E-state index contributed by atoms with van der Waals surface area (Å²) in [6.07, 6.45) is 2.50. The molecule has 0 amide bonds. The molecule has 1 N–H and O–H groups in total. The Morgan fingerprint density at radius 3 is 2.63 bits per heavy atom. The summed E-state index contributed by atoms with van der Waals surface area (Å²) >= 11 is 0. The maximum atomic E-state index is 12.5. The molecule has 1 aromatic heterocycles. The molecule has 27 heavy (non-hydrogen) atoms. The standard InChI is InChI=1S/C18H23N5O3S/c24-27(25,17-4-2-1-3-5-17)21-15-6-7-23(14-15)18-12-16(13-19-20-18)22-8-10-26-11-9-22/h1-5,12-13,15,21H,6-11,14H2/t15-/m0/s1. The maximum Gasteiger partial charge on any atom is 0.240 e. The second-order valence-corrected chi connectivity index (χ2v) is 8.45. The van der Waals surface area contributed by atoms with Gasteiger partial charge < -0.3 is 14.5 Å². The first kappa shape index (κ1) is 18.1. The Hall–Kier alpha value is -2.23. The molecule has 0 bridgehead atoms. The first-order valence-corrected chi connectivity index (χ1v) is 10.6. The van der Waals surface area contributed by atoms with E-state index in [1.807, 2.05) is 6.07 Å². The van der Waals surface area contributed by atoms with Gasteiger partial charge in [0.25, 0.3) is 0 Å². The summed E-state index contributed by atoms with van der Waals surface area (Å²) in [5.41, 5.74) is 1.02. The third-order valence-electron chi connectivity index (χ3n) is 4.89. The van der Waals surface area contributed by atoms with E-state index in [9.17, 15) is 8.42 Å². The van der Waals surface area contributed by atoms with Crippen molar-refractivity contribution in [3.05, 3.63) is 42.6 Å². The molecule has 0 aliphatic carbocycles. The molecule has 0 saturated carbocycles. The van der Waals surface area contributed by atoms with Gasteiger partial charge in [-0.2, -0.15) is 5.10 Å². The maximum absolute atomic E-state index is 12.5. The number of hydrogen-bond acceptors (Lipinski definition) is 7. The molecule has 3 heterocycles. The van der Waals surface area contributed by atoms with Gasteiger partial charge in [0.2, 0.25) is 10.0 Å². The lowest BCUT2D eigenvalue weighted by Crippen LogP contribution is -2.37. The van der Waals surface area contributed by atoms with E-state index in [2.05, 4.69) is 24.7 Å². The smallest absolute Gasteiger partial charge is 0.240 e. The third kappa shape index (κ3) is 4.20. The van der Waals surface area contributed by atoms with E-state index < -0.39 is 10.0 Å². The van der Waals surface area contributed by atoms with Crippen LogP contribution in [0.1, 0.15) is 6.42 Å². The molecule has 0 radical (unpaired) electrons. The van der Waals surface area contributed by atoms with Crippen LogP contribution in [-0.2, 0) is 14.8 Å². The fraction of sp³-hybridized carbons (Fsp3) is 0.444. The van der Waals surface area contributed by atoms with E-state index in [4.69, 9.17) is 4.74 Å². The summed E-state index contributed by atoms with van der Waals surface area (Å²) < 4.78 is 33.2. The number of hydrogen-bond donors (Lipinski definition) is 1. The number of rotatable bonds is 5. The van der Waals surface area contributed by atoms with Gasteiger partial charge in [0.1, 0.15) is 0 Å². The minimum Gasteiger partial charge on any atom is -0.378 e. The van der Waals surface area contributed by atoms with Crippen LogP contribution in [0.3, 0.4) is 0 Å². The first-order chi connectivity index (χ1) is 13.1. The molecule has 4 rings (SSSR count). The van der Waals surface area contributed by atoms with Gasteiger partial charge in [-0.25, -0.2) is 13.1 Å². The van der Waals surface area contributed by atoms with Crippen LogP contribution in [0.4, 0.5) is 11.5 Å². The van der Waals surface area contributed by atoms with Crippen molar-refractivity contribution >= 4 is 21.5 Å². The zero-order chi connectivity index (χ0) is 18.7. The van der Waals surface area contributed by atoms with Gasteiger partial charge in [-0.3, -0.25) is 0 Å². The van der Waals surface area contributed by atoms with Gasteiger partial charge in [0.05, 0.1) is 30.0 Å². The van der Waals surface area contributed by atoms with Crippen molar-refractivity contribution in [2.45, 2.75) is 17.4 Å². The summed E-state index contributed by atoms with van der Waals surface area (Å²) in [5, 5.41) is 8.38. The summed E-state index contributed by atoms with van der Waals surface area (Å²) in [6.45, 7) is 4.42. The van der Waals surface area contributed by atoms with Crippen LogP contribution >= 0.6 is 0 Å². The van der Waals surface area contributed by atoms with Gasteiger partial charge in [0.15, 0.2) is 5.82 Å². The average molecular weight is 389 g/mol. The second kappa shape index (κ2) is 7.79. The highest BCUT2D eigenvalue weighted by Gasteiger charge is 2.28. The predicted octanol–water partition coefficient (Wildman–Crippen LogP) is 0.870. The van der Waals surface area contributed by atoms with Crippen molar-refractivity contribution in [3.63, 3.8) is 0 Å². The lowest BCUT2D eigenvalue weighted by molar-refractivity contribution is 0.122. The van der Waals surface area contributed by atoms with Crippen molar-refractivity contribution in [2.24, 2.45) is 0 Å².